The maximum atomic E-state index is 12.0. The molecule has 3 nitrogen and oxygen atoms in total. The van der Waals surface area contributed by atoms with Crippen molar-refractivity contribution in [2.24, 2.45) is 5.73 Å². The van der Waals surface area contributed by atoms with Gasteiger partial charge in [0.05, 0.1) is 0 Å². The molecule has 0 saturated carbocycles. The molecule has 1 amide bonds. The molecule has 1 aromatic rings. The third-order valence-electron chi connectivity index (χ3n) is 2.89. The molecule has 100 valence electrons. The lowest BCUT2D eigenvalue weighted by Crippen LogP contribution is -2.55. The normalized spacial score (nSPS) is 14.1. The molecule has 0 aliphatic carbocycles. The zero-order valence-corrected chi connectivity index (χ0v) is 11.9. The van der Waals surface area contributed by atoms with Crippen LogP contribution < -0.4 is 11.1 Å². The Morgan fingerprint density at radius 2 is 2.00 bits per heavy atom. The maximum Gasteiger partial charge on any atom is 0.243 e. The summed E-state index contributed by atoms with van der Waals surface area (Å²) in [6, 6.07) is 9.75. The van der Waals surface area contributed by atoms with Gasteiger partial charge in [0.2, 0.25) is 5.91 Å². The third kappa shape index (κ3) is 3.50. The van der Waals surface area contributed by atoms with Gasteiger partial charge in [0.25, 0.3) is 0 Å². The fourth-order valence-electron chi connectivity index (χ4n) is 1.85. The van der Waals surface area contributed by atoms with Crippen molar-refractivity contribution in [3.05, 3.63) is 35.9 Å². The van der Waals surface area contributed by atoms with Gasteiger partial charge in [-0.2, -0.15) is 11.8 Å². The van der Waals surface area contributed by atoms with Crippen LogP contribution in [0, 0.1) is 0 Å². The Bertz CT molecular complexity index is 359. The zero-order valence-electron chi connectivity index (χ0n) is 11.1. The van der Waals surface area contributed by atoms with E-state index >= 15 is 0 Å². The number of hydrogen-bond donors (Lipinski definition) is 2. The molecule has 18 heavy (non-hydrogen) atoms. The fraction of sp³-hybridized carbons (Fsp3) is 0.500. The number of rotatable bonds is 8. The molecule has 0 heterocycles. The van der Waals surface area contributed by atoms with Crippen LogP contribution in [0.2, 0.25) is 0 Å². The SMILES string of the molecule is CCCNC(CSCC)(C(N)=O)c1ccccc1. The van der Waals surface area contributed by atoms with Crippen LogP contribution in [0.25, 0.3) is 0 Å². The lowest BCUT2D eigenvalue weighted by Gasteiger charge is -2.32. The van der Waals surface area contributed by atoms with Crippen molar-refractivity contribution in [1.29, 1.82) is 0 Å². The number of thioether (sulfide) groups is 1. The predicted octanol–water partition coefficient (Wildman–Crippen LogP) is 2.12. The standard InChI is InChI=1S/C14H22N2OS/c1-3-10-16-14(13(15)17,11-18-4-2)12-8-6-5-7-9-12/h5-9,16H,3-4,10-11H2,1-2H3,(H2,15,17). The first kappa shape index (κ1) is 15.1. The summed E-state index contributed by atoms with van der Waals surface area (Å²) in [6.45, 7) is 4.94. The average Bonchev–Trinajstić information content (AvgIpc) is 2.40. The number of primary amides is 1. The minimum atomic E-state index is -0.752. The Kier molecular flexibility index (Phi) is 6.22. The van der Waals surface area contributed by atoms with Crippen molar-refractivity contribution < 1.29 is 4.79 Å². The molecule has 4 heteroatoms. The van der Waals surface area contributed by atoms with E-state index in [1.807, 2.05) is 30.3 Å². The Morgan fingerprint density at radius 1 is 1.33 bits per heavy atom. The van der Waals surface area contributed by atoms with Gasteiger partial charge in [0.1, 0.15) is 5.54 Å². The Labute approximate surface area is 114 Å². The first-order valence-electron chi connectivity index (χ1n) is 6.35. The zero-order chi connectivity index (χ0) is 13.4. The number of hydrogen-bond acceptors (Lipinski definition) is 3. The molecular formula is C14H22N2OS. The molecule has 0 aliphatic heterocycles. The highest BCUT2D eigenvalue weighted by Gasteiger charge is 2.37. The summed E-state index contributed by atoms with van der Waals surface area (Å²) in [7, 11) is 0. The second kappa shape index (κ2) is 7.44. The molecule has 0 aromatic heterocycles. The fourth-order valence-corrected chi connectivity index (χ4v) is 2.77. The van der Waals surface area contributed by atoms with Gasteiger partial charge in [0.15, 0.2) is 0 Å². The molecular weight excluding hydrogens is 244 g/mol. The van der Waals surface area contributed by atoms with Crippen LogP contribution in [0.5, 0.6) is 0 Å². The van der Waals surface area contributed by atoms with Crippen LogP contribution in [-0.4, -0.2) is 24.0 Å². The number of benzene rings is 1. The van der Waals surface area contributed by atoms with Crippen molar-refractivity contribution in [2.75, 3.05) is 18.1 Å². The smallest absolute Gasteiger partial charge is 0.243 e. The molecule has 0 fully saturated rings. The lowest BCUT2D eigenvalue weighted by atomic mass is 9.91. The van der Waals surface area contributed by atoms with Crippen LogP contribution in [0.4, 0.5) is 0 Å². The second-order valence-electron chi connectivity index (χ2n) is 4.20. The minimum Gasteiger partial charge on any atom is -0.368 e. The summed E-state index contributed by atoms with van der Waals surface area (Å²) in [5.41, 5.74) is 5.87. The molecule has 0 aliphatic rings. The first-order valence-corrected chi connectivity index (χ1v) is 7.51. The van der Waals surface area contributed by atoms with E-state index in [9.17, 15) is 4.79 Å². The van der Waals surface area contributed by atoms with E-state index in [0.29, 0.717) is 5.75 Å². The summed E-state index contributed by atoms with van der Waals surface area (Å²) in [4.78, 5) is 12.0. The Hall–Kier alpha value is -1.00. The summed E-state index contributed by atoms with van der Waals surface area (Å²) in [6.07, 6.45) is 0.971. The second-order valence-corrected chi connectivity index (χ2v) is 5.47. The van der Waals surface area contributed by atoms with Crippen molar-refractivity contribution in [3.63, 3.8) is 0 Å². The van der Waals surface area contributed by atoms with Crippen LogP contribution >= 0.6 is 11.8 Å². The van der Waals surface area contributed by atoms with Gasteiger partial charge < -0.3 is 5.73 Å². The Balaban J connectivity index is 3.07. The van der Waals surface area contributed by atoms with Gasteiger partial charge in [-0.15, -0.1) is 0 Å². The van der Waals surface area contributed by atoms with Gasteiger partial charge in [-0.1, -0.05) is 44.2 Å². The quantitative estimate of drug-likeness (QED) is 0.758. The molecule has 1 atom stereocenters. The monoisotopic (exact) mass is 266 g/mol. The maximum absolute atomic E-state index is 12.0. The van der Waals surface area contributed by atoms with Crippen LogP contribution in [0.15, 0.2) is 30.3 Å². The van der Waals surface area contributed by atoms with Crippen molar-refractivity contribution in [1.82, 2.24) is 5.32 Å². The van der Waals surface area contributed by atoms with E-state index in [2.05, 4.69) is 19.2 Å². The largest absolute Gasteiger partial charge is 0.368 e. The van der Waals surface area contributed by atoms with E-state index in [0.717, 1.165) is 24.3 Å². The summed E-state index contributed by atoms with van der Waals surface area (Å²) >= 11 is 1.73. The van der Waals surface area contributed by atoms with Crippen molar-refractivity contribution in [3.8, 4) is 0 Å². The summed E-state index contributed by atoms with van der Waals surface area (Å²) < 4.78 is 0. The lowest BCUT2D eigenvalue weighted by molar-refractivity contribution is -0.123. The van der Waals surface area contributed by atoms with Crippen molar-refractivity contribution >= 4 is 17.7 Å². The van der Waals surface area contributed by atoms with Crippen LogP contribution in [-0.2, 0) is 10.3 Å². The molecule has 1 aromatic carbocycles. The van der Waals surface area contributed by atoms with E-state index in [1.165, 1.54) is 0 Å². The minimum absolute atomic E-state index is 0.303. The summed E-state index contributed by atoms with van der Waals surface area (Å²) in [5.74, 6) is 1.33. The molecule has 0 bridgehead atoms. The van der Waals surface area contributed by atoms with E-state index < -0.39 is 5.54 Å². The van der Waals surface area contributed by atoms with Crippen LogP contribution in [0.1, 0.15) is 25.8 Å². The molecule has 3 N–H and O–H groups in total. The summed E-state index contributed by atoms with van der Waals surface area (Å²) in [5, 5.41) is 3.34. The molecule has 1 unspecified atom stereocenters. The molecule has 0 radical (unpaired) electrons. The van der Waals surface area contributed by atoms with Gasteiger partial charge in [-0.3, -0.25) is 10.1 Å². The number of nitrogens with one attached hydrogen (secondary N) is 1. The van der Waals surface area contributed by atoms with E-state index in [1.54, 1.807) is 11.8 Å². The van der Waals surface area contributed by atoms with E-state index in [-0.39, 0.29) is 5.91 Å². The highest BCUT2D eigenvalue weighted by Crippen LogP contribution is 2.25. The van der Waals surface area contributed by atoms with Gasteiger partial charge in [0, 0.05) is 5.75 Å². The number of nitrogens with two attached hydrogens (primary N) is 1. The van der Waals surface area contributed by atoms with Crippen LogP contribution in [0.3, 0.4) is 0 Å². The number of amides is 1. The number of carbonyl (C=O) groups excluding carboxylic acids is 1. The third-order valence-corrected chi connectivity index (χ3v) is 3.93. The average molecular weight is 266 g/mol. The van der Waals surface area contributed by atoms with E-state index in [4.69, 9.17) is 5.73 Å². The molecule has 0 spiro atoms. The predicted molar refractivity (Wildman–Crippen MR) is 78.6 cm³/mol. The highest BCUT2D eigenvalue weighted by molar-refractivity contribution is 7.99. The Morgan fingerprint density at radius 3 is 2.50 bits per heavy atom. The highest BCUT2D eigenvalue weighted by atomic mass is 32.2. The topological polar surface area (TPSA) is 55.1 Å². The first-order chi connectivity index (χ1) is 8.67. The molecule has 1 rings (SSSR count). The van der Waals surface area contributed by atoms with Gasteiger partial charge >= 0.3 is 0 Å². The number of carbonyl (C=O) groups is 1. The molecule has 0 saturated heterocycles. The van der Waals surface area contributed by atoms with Crippen molar-refractivity contribution in [2.45, 2.75) is 25.8 Å². The van der Waals surface area contributed by atoms with Gasteiger partial charge in [-0.25, -0.2) is 0 Å². The van der Waals surface area contributed by atoms with Gasteiger partial charge in [-0.05, 0) is 24.3 Å².